The standard InChI is InChI=1S/C19H19ClN4O2/c1-13-17(10-21-23(13)2)18(25)6-4-14-5-7-19(26-3)15(8-14)11-24-12-16(20)9-22-24/h4-10,12H,11H2,1-3H3. The fourth-order valence-corrected chi connectivity index (χ4v) is 2.78. The monoisotopic (exact) mass is 370 g/mol. The van der Waals surface area contributed by atoms with E-state index in [2.05, 4.69) is 10.2 Å². The first-order valence-electron chi connectivity index (χ1n) is 8.04. The first-order valence-corrected chi connectivity index (χ1v) is 8.41. The Morgan fingerprint density at radius 1 is 1.31 bits per heavy atom. The van der Waals surface area contributed by atoms with E-state index in [9.17, 15) is 4.79 Å². The van der Waals surface area contributed by atoms with Gasteiger partial charge in [0.05, 0.1) is 36.6 Å². The minimum Gasteiger partial charge on any atom is -0.496 e. The van der Waals surface area contributed by atoms with Crippen molar-refractivity contribution in [2.45, 2.75) is 13.5 Å². The van der Waals surface area contributed by atoms with E-state index in [4.69, 9.17) is 16.3 Å². The van der Waals surface area contributed by atoms with Gasteiger partial charge in [-0.3, -0.25) is 14.2 Å². The highest BCUT2D eigenvalue weighted by Gasteiger charge is 2.10. The third-order valence-electron chi connectivity index (χ3n) is 4.17. The smallest absolute Gasteiger partial charge is 0.189 e. The van der Waals surface area contributed by atoms with Crippen LogP contribution in [-0.4, -0.2) is 32.5 Å². The second-order valence-electron chi connectivity index (χ2n) is 5.89. The van der Waals surface area contributed by atoms with Crippen LogP contribution in [0.4, 0.5) is 0 Å². The van der Waals surface area contributed by atoms with Crippen molar-refractivity contribution in [2.24, 2.45) is 7.05 Å². The maximum absolute atomic E-state index is 12.4. The maximum atomic E-state index is 12.4. The fourth-order valence-electron chi connectivity index (χ4n) is 2.63. The second-order valence-corrected chi connectivity index (χ2v) is 6.33. The van der Waals surface area contributed by atoms with Crippen molar-refractivity contribution >= 4 is 23.5 Å². The van der Waals surface area contributed by atoms with E-state index >= 15 is 0 Å². The number of carbonyl (C=O) groups excluding carboxylic acids is 1. The van der Waals surface area contributed by atoms with E-state index in [1.54, 1.807) is 47.2 Å². The van der Waals surface area contributed by atoms with Gasteiger partial charge in [-0.2, -0.15) is 10.2 Å². The van der Waals surface area contributed by atoms with Crippen LogP contribution in [0.5, 0.6) is 5.75 Å². The lowest BCUT2D eigenvalue weighted by Crippen LogP contribution is -2.02. The molecule has 0 saturated carbocycles. The first kappa shape index (κ1) is 17.9. The molecule has 0 radical (unpaired) electrons. The molecule has 0 aliphatic carbocycles. The number of nitrogens with zero attached hydrogens (tertiary/aromatic N) is 4. The summed E-state index contributed by atoms with van der Waals surface area (Å²) in [5, 5.41) is 8.87. The molecule has 26 heavy (non-hydrogen) atoms. The van der Waals surface area contributed by atoms with Gasteiger partial charge in [0.15, 0.2) is 5.78 Å². The number of allylic oxidation sites excluding steroid dienone is 1. The molecule has 0 bridgehead atoms. The molecule has 1 aromatic carbocycles. The van der Waals surface area contributed by atoms with Gasteiger partial charge in [-0.05, 0) is 30.7 Å². The Morgan fingerprint density at radius 3 is 2.73 bits per heavy atom. The summed E-state index contributed by atoms with van der Waals surface area (Å²) in [5.41, 5.74) is 3.28. The van der Waals surface area contributed by atoms with Crippen LogP contribution in [0.2, 0.25) is 5.02 Å². The molecule has 3 aromatic rings. The van der Waals surface area contributed by atoms with Crippen LogP contribution in [-0.2, 0) is 13.6 Å². The summed E-state index contributed by atoms with van der Waals surface area (Å²) in [5.74, 6) is 0.676. The Hall–Kier alpha value is -2.86. The zero-order valence-corrected chi connectivity index (χ0v) is 15.6. The first-order chi connectivity index (χ1) is 12.5. The number of aromatic nitrogens is 4. The molecule has 134 valence electrons. The lowest BCUT2D eigenvalue weighted by atomic mass is 10.1. The van der Waals surface area contributed by atoms with E-state index in [1.165, 1.54) is 0 Å². The largest absolute Gasteiger partial charge is 0.496 e. The van der Waals surface area contributed by atoms with E-state index in [0.29, 0.717) is 17.1 Å². The minimum absolute atomic E-state index is 0.0770. The molecule has 3 rings (SSSR count). The molecule has 0 unspecified atom stereocenters. The molecule has 0 N–H and O–H groups in total. The van der Waals surface area contributed by atoms with Crippen LogP contribution in [0.1, 0.15) is 27.2 Å². The molecule has 2 aromatic heterocycles. The zero-order chi connectivity index (χ0) is 18.7. The molecule has 7 heteroatoms. The fraction of sp³-hybridized carbons (Fsp3) is 0.211. The number of halogens is 1. The molecule has 0 aliphatic rings. The number of ketones is 1. The van der Waals surface area contributed by atoms with Crippen LogP contribution < -0.4 is 4.74 Å². The summed E-state index contributed by atoms with van der Waals surface area (Å²) in [6.07, 6.45) is 8.27. The van der Waals surface area contributed by atoms with Crippen LogP contribution in [0.3, 0.4) is 0 Å². The topological polar surface area (TPSA) is 61.9 Å². The number of rotatable bonds is 6. The third kappa shape index (κ3) is 3.86. The van der Waals surface area contributed by atoms with E-state index in [-0.39, 0.29) is 5.78 Å². The molecule has 0 fully saturated rings. The van der Waals surface area contributed by atoms with Gasteiger partial charge < -0.3 is 4.74 Å². The average molecular weight is 371 g/mol. The van der Waals surface area contributed by atoms with Crippen LogP contribution in [0, 0.1) is 6.92 Å². The molecular formula is C19H19ClN4O2. The van der Waals surface area contributed by atoms with Crippen molar-refractivity contribution < 1.29 is 9.53 Å². The van der Waals surface area contributed by atoms with Crippen molar-refractivity contribution in [3.63, 3.8) is 0 Å². The summed E-state index contributed by atoms with van der Waals surface area (Å²) in [6.45, 7) is 2.39. The Bertz CT molecular complexity index is 972. The summed E-state index contributed by atoms with van der Waals surface area (Å²) in [7, 11) is 3.44. The van der Waals surface area contributed by atoms with Crippen molar-refractivity contribution in [3.8, 4) is 5.75 Å². The highest BCUT2D eigenvalue weighted by molar-refractivity contribution is 6.30. The number of methoxy groups -OCH3 is 1. The Labute approximate surface area is 156 Å². The molecule has 0 atom stereocenters. The highest BCUT2D eigenvalue weighted by Crippen LogP contribution is 2.22. The van der Waals surface area contributed by atoms with Crippen molar-refractivity contribution in [2.75, 3.05) is 7.11 Å². The molecule has 0 aliphatic heterocycles. The Balaban J connectivity index is 1.82. The number of ether oxygens (including phenoxy) is 1. The number of hydrogen-bond acceptors (Lipinski definition) is 4. The average Bonchev–Trinajstić information content (AvgIpc) is 3.19. The van der Waals surface area contributed by atoms with E-state index in [1.807, 2.05) is 32.2 Å². The van der Waals surface area contributed by atoms with Gasteiger partial charge in [-0.25, -0.2) is 0 Å². The van der Waals surface area contributed by atoms with Crippen LogP contribution >= 0.6 is 11.6 Å². The van der Waals surface area contributed by atoms with Crippen molar-refractivity contribution in [1.82, 2.24) is 19.6 Å². The molecule has 6 nitrogen and oxygen atoms in total. The Morgan fingerprint density at radius 2 is 2.12 bits per heavy atom. The Kier molecular flexibility index (Phi) is 5.23. The van der Waals surface area contributed by atoms with Gasteiger partial charge in [-0.15, -0.1) is 0 Å². The van der Waals surface area contributed by atoms with Gasteiger partial charge in [0, 0.05) is 24.5 Å². The van der Waals surface area contributed by atoms with Gasteiger partial charge in [-0.1, -0.05) is 23.7 Å². The molecule has 2 heterocycles. The number of hydrogen-bond donors (Lipinski definition) is 0. The van der Waals surface area contributed by atoms with Crippen molar-refractivity contribution in [1.29, 1.82) is 0 Å². The van der Waals surface area contributed by atoms with Crippen molar-refractivity contribution in [3.05, 3.63) is 70.3 Å². The quantitative estimate of drug-likeness (QED) is 0.492. The number of benzene rings is 1. The second kappa shape index (κ2) is 7.58. The van der Waals surface area contributed by atoms with Gasteiger partial charge in [0.2, 0.25) is 0 Å². The molecule has 0 amide bonds. The van der Waals surface area contributed by atoms with Crippen LogP contribution in [0.15, 0.2) is 42.9 Å². The summed E-state index contributed by atoms with van der Waals surface area (Å²) >= 11 is 5.92. The van der Waals surface area contributed by atoms with E-state index < -0.39 is 0 Å². The molecule has 0 spiro atoms. The van der Waals surface area contributed by atoms with Gasteiger partial charge >= 0.3 is 0 Å². The zero-order valence-electron chi connectivity index (χ0n) is 14.8. The number of aryl methyl sites for hydroxylation is 1. The lowest BCUT2D eigenvalue weighted by molar-refractivity contribution is 0.104. The molecular weight excluding hydrogens is 352 g/mol. The highest BCUT2D eigenvalue weighted by atomic mass is 35.5. The predicted octanol–water partition coefficient (Wildman–Crippen LogP) is 3.53. The predicted molar refractivity (Wildman–Crippen MR) is 101 cm³/mol. The summed E-state index contributed by atoms with van der Waals surface area (Å²) in [4.78, 5) is 12.4. The SMILES string of the molecule is COc1ccc(C=CC(=O)c2cnn(C)c2C)cc1Cn1cc(Cl)cn1. The van der Waals surface area contributed by atoms with Crippen LogP contribution in [0.25, 0.3) is 6.08 Å². The maximum Gasteiger partial charge on any atom is 0.189 e. The lowest BCUT2D eigenvalue weighted by Gasteiger charge is -2.09. The van der Waals surface area contributed by atoms with Gasteiger partial charge in [0.1, 0.15) is 5.75 Å². The summed E-state index contributed by atoms with van der Waals surface area (Å²) in [6, 6.07) is 5.74. The molecule has 0 saturated heterocycles. The van der Waals surface area contributed by atoms with E-state index in [0.717, 1.165) is 22.6 Å². The summed E-state index contributed by atoms with van der Waals surface area (Å²) < 4.78 is 8.83. The minimum atomic E-state index is -0.0770. The third-order valence-corrected chi connectivity index (χ3v) is 4.36. The normalized spacial score (nSPS) is 11.2. The van der Waals surface area contributed by atoms with Gasteiger partial charge in [0.25, 0.3) is 0 Å². The number of carbonyl (C=O) groups is 1.